The predicted octanol–water partition coefficient (Wildman–Crippen LogP) is 2.60. The summed E-state index contributed by atoms with van der Waals surface area (Å²) in [5.74, 6) is 2.56. The minimum absolute atomic E-state index is 0.576. The molecule has 2 aliphatic rings. The second-order valence-electron chi connectivity index (χ2n) is 5.16. The lowest BCUT2D eigenvalue weighted by atomic mass is 10.1. The van der Waals surface area contributed by atoms with Gasteiger partial charge in [-0.05, 0) is 32.6 Å². The van der Waals surface area contributed by atoms with E-state index >= 15 is 0 Å². The Balaban J connectivity index is 1.81. The monoisotopic (exact) mass is 235 g/mol. The lowest BCUT2D eigenvalue weighted by Crippen LogP contribution is -2.35. The van der Waals surface area contributed by atoms with Gasteiger partial charge in [0.05, 0.1) is 0 Å². The summed E-state index contributed by atoms with van der Waals surface area (Å²) in [5.41, 5.74) is 1.03. The number of hydrogen-bond donors (Lipinski definition) is 0. The highest BCUT2D eigenvalue weighted by Crippen LogP contribution is 2.38. The van der Waals surface area contributed by atoms with E-state index in [0.717, 1.165) is 30.4 Å². The summed E-state index contributed by atoms with van der Waals surface area (Å²) in [6.07, 6.45) is 3.06. The standard InChI is InChI=1S/C13H18FN3/c1-9-8-12(16-13(15-9)10-2-3-10)17-6-4-11(14)5-7-17/h8,10-11H,2-7H2,1H3. The van der Waals surface area contributed by atoms with E-state index in [-0.39, 0.29) is 0 Å². The molecule has 0 spiro atoms. The zero-order valence-electron chi connectivity index (χ0n) is 10.2. The van der Waals surface area contributed by atoms with Crippen LogP contribution in [0.4, 0.5) is 10.2 Å². The maximum absolute atomic E-state index is 13.1. The van der Waals surface area contributed by atoms with Crippen LogP contribution in [0.25, 0.3) is 0 Å². The van der Waals surface area contributed by atoms with Gasteiger partial charge in [-0.1, -0.05) is 0 Å². The first kappa shape index (κ1) is 10.9. The number of alkyl halides is 1. The SMILES string of the molecule is Cc1cc(N2CCC(F)CC2)nc(C2CC2)n1. The van der Waals surface area contributed by atoms with E-state index in [9.17, 15) is 4.39 Å². The van der Waals surface area contributed by atoms with E-state index in [1.165, 1.54) is 12.8 Å². The van der Waals surface area contributed by atoms with Crippen molar-refractivity contribution in [3.05, 3.63) is 17.6 Å². The molecule has 1 aliphatic carbocycles. The zero-order valence-corrected chi connectivity index (χ0v) is 10.2. The molecule has 0 atom stereocenters. The lowest BCUT2D eigenvalue weighted by Gasteiger charge is -2.29. The molecule has 2 fully saturated rings. The number of aryl methyl sites for hydroxylation is 1. The number of anilines is 1. The first-order valence-electron chi connectivity index (χ1n) is 6.47. The summed E-state index contributed by atoms with van der Waals surface area (Å²) in [6, 6.07) is 2.02. The van der Waals surface area contributed by atoms with Crippen LogP contribution in [0.5, 0.6) is 0 Å². The number of piperidine rings is 1. The number of halogens is 1. The van der Waals surface area contributed by atoms with Gasteiger partial charge in [-0.25, -0.2) is 14.4 Å². The van der Waals surface area contributed by atoms with Crippen molar-refractivity contribution in [3.8, 4) is 0 Å². The Kier molecular flexibility index (Phi) is 2.73. The van der Waals surface area contributed by atoms with Gasteiger partial charge in [-0.3, -0.25) is 0 Å². The van der Waals surface area contributed by atoms with Crippen molar-refractivity contribution in [2.75, 3.05) is 18.0 Å². The number of aromatic nitrogens is 2. The summed E-state index contributed by atoms with van der Waals surface area (Å²) in [6.45, 7) is 3.57. The largest absolute Gasteiger partial charge is 0.356 e. The lowest BCUT2D eigenvalue weighted by molar-refractivity contribution is 0.276. The highest BCUT2D eigenvalue weighted by Gasteiger charge is 2.28. The van der Waals surface area contributed by atoms with Crippen molar-refractivity contribution in [3.63, 3.8) is 0 Å². The zero-order chi connectivity index (χ0) is 11.8. The van der Waals surface area contributed by atoms with Gasteiger partial charge in [0.25, 0.3) is 0 Å². The van der Waals surface area contributed by atoms with Gasteiger partial charge in [-0.15, -0.1) is 0 Å². The Bertz CT molecular complexity index is 409. The van der Waals surface area contributed by atoms with E-state index in [1.54, 1.807) is 0 Å². The number of nitrogens with zero attached hydrogens (tertiary/aromatic N) is 3. The third-order valence-corrected chi connectivity index (χ3v) is 3.55. The van der Waals surface area contributed by atoms with Crippen LogP contribution in [-0.4, -0.2) is 29.2 Å². The fourth-order valence-corrected chi connectivity index (χ4v) is 2.34. The summed E-state index contributed by atoms with van der Waals surface area (Å²) in [4.78, 5) is 11.3. The molecule has 92 valence electrons. The fourth-order valence-electron chi connectivity index (χ4n) is 2.34. The Morgan fingerprint density at radius 2 is 1.88 bits per heavy atom. The molecule has 3 nitrogen and oxygen atoms in total. The minimum Gasteiger partial charge on any atom is -0.356 e. The van der Waals surface area contributed by atoms with Gasteiger partial charge in [0.15, 0.2) is 0 Å². The quantitative estimate of drug-likeness (QED) is 0.789. The first-order valence-corrected chi connectivity index (χ1v) is 6.47. The Morgan fingerprint density at radius 3 is 2.53 bits per heavy atom. The van der Waals surface area contributed by atoms with Crippen LogP contribution >= 0.6 is 0 Å². The molecule has 1 saturated carbocycles. The Morgan fingerprint density at radius 1 is 1.18 bits per heavy atom. The maximum Gasteiger partial charge on any atom is 0.134 e. The number of hydrogen-bond acceptors (Lipinski definition) is 3. The van der Waals surface area contributed by atoms with Crippen LogP contribution in [0.1, 0.15) is 43.1 Å². The smallest absolute Gasteiger partial charge is 0.134 e. The van der Waals surface area contributed by atoms with Crippen molar-refractivity contribution >= 4 is 5.82 Å². The molecule has 0 radical (unpaired) electrons. The molecule has 0 aromatic carbocycles. The van der Waals surface area contributed by atoms with Crippen LogP contribution in [0.2, 0.25) is 0 Å². The second kappa shape index (κ2) is 4.24. The van der Waals surface area contributed by atoms with Crippen LogP contribution in [0.15, 0.2) is 6.07 Å². The normalized spacial score (nSPS) is 21.9. The summed E-state index contributed by atoms with van der Waals surface area (Å²) in [7, 11) is 0. The molecule has 0 unspecified atom stereocenters. The predicted molar refractivity (Wildman–Crippen MR) is 65.1 cm³/mol. The molecule has 0 N–H and O–H groups in total. The van der Waals surface area contributed by atoms with E-state index in [4.69, 9.17) is 0 Å². The molecule has 17 heavy (non-hydrogen) atoms. The molecule has 3 rings (SSSR count). The van der Waals surface area contributed by atoms with E-state index in [0.29, 0.717) is 18.8 Å². The van der Waals surface area contributed by atoms with Crippen molar-refractivity contribution in [1.82, 2.24) is 9.97 Å². The summed E-state index contributed by atoms with van der Waals surface area (Å²) >= 11 is 0. The molecule has 0 bridgehead atoms. The van der Waals surface area contributed by atoms with Crippen LogP contribution < -0.4 is 4.90 Å². The Labute approximate surface area is 101 Å². The van der Waals surface area contributed by atoms with Gasteiger partial charge in [0.2, 0.25) is 0 Å². The molecule has 0 amide bonds. The van der Waals surface area contributed by atoms with Gasteiger partial charge in [0.1, 0.15) is 17.8 Å². The number of rotatable bonds is 2. The maximum atomic E-state index is 13.1. The van der Waals surface area contributed by atoms with Gasteiger partial charge in [-0.2, -0.15) is 0 Å². The average molecular weight is 235 g/mol. The fraction of sp³-hybridized carbons (Fsp3) is 0.692. The summed E-state index contributed by atoms with van der Waals surface area (Å²) in [5, 5.41) is 0. The minimum atomic E-state index is -0.628. The van der Waals surface area contributed by atoms with Gasteiger partial charge in [0, 0.05) is 30.8 Å². The van der Waals surface area contributed by atoms with Crippen LogP contribution in [-0.2, 0) is 0 Å². The highest BCUT2D eigenvalue weighted by molar-refractivity contribution is 5.41. The molecule has 1 aromatic rings. The molecular formula is C13H18FN3. The van der Waals surface area contributed by atoms with Crippen molar-refractivity contribution in [2.24, 2.45) is 0 Å². The molecular weight excluding hydrogens is 217 g/mol. The van der Waals surface area contributed by atoms with Crippen molar-refractivity contribution in [2.45, 2.75) is 44.7 Å². The second-order valence-corrected chi connectivity index (χ2v) is 5.16. The Hall–Kier alpha value is -1.19. The van der Waals surface area contributed by atoms with Gasteiger partial charge < -0.3 is 4.90 Å². The third-order valence-electron chi connectivity index (χ3n) is 3.55. The molecule has 4 heteroatoms. The van der Waals surface area contributed by atoms with Crippen LogP contribution in [0.3, 0.4) is 0 Å². The van der Waals surface area contributed by atoms with Crippen LogP contribution in [0, 0.1) is 6.92 Å². The summed E-state index contributed by atoms with van der Waals surface area (Å²) < 4.78 is 13.1. The molecule has 2 heterocycles. The average Bonchev–Trinajstić information content (AvgIpc) is 3.13. The highest BCUT2D eigenvalue weighted by atomic mass is 19.1. The molecule has 1 aliphatic heterocycles. The van der Waals surface area contributed by atoms with E-state index < -0.39 is 6.17 Å². The van der Waals surface area contributed by atoms with Crippen molar-refractivity contribution in [1.29, 1.82) is 0 Å². The topological polar surface area (TPSA) is 29.0 Å². The van der Waals surface area contributed by atoms with Gasteiger partial charge >= 0.3 is 0 Å². The molecule has 1 saturated heterocycles. The van der Waals surface area contributed by atoms with E-state index in [2.05, 4.69) is 14.9 Å². The first-order chi connectivity index (χ1) is 8.22. The van der Waals surface area contributed by atoms with E-state index in [1.807, 2.05) is 13.0 Å². The third kappa shape index (κ3) is 2.40. The van der Waals surface area contributed by atoms with Crippen molar-refractivity contribution < 1.29 is 4.39 Å². The molecule has 1 aromatic heterocycles.